The van der Waals surface area contributed by atoms with Gasteiger partial charge in [0.1, 0.15) is 12.1 Å². The van der Waals surface area contributed by atoms with Crippen LogP contribution in [0.4, 0.5) is 0 Å². The Morgan fingerprint density at radius 3 is 2.48 bits per heavy atom. The van der Waals surface area contributed by atoms with Crippen molar-refractivity contribution in [3.8, 4) is 22.8 Å². The lowest BCUT2D eigenvalue weighted by molar-refractivity contribution is 0.475. The van der Waals surface area contributed by atoms with Gasteiger partial charge in [0, 0.05) is 5.56 Å². The number of nitrogens with zero attached hydrogens (tertiary/aromatic N) is 6. The van der Waals surface area contributed by atoms with Crippen molar-refractivity contribution in [3.05, 3.63) is 66.1 Å². The molecule has 0 atom stereocenters. The van der Waals surface area contributed by atoms with Gasteiger partial charge in [0.25, 0.3) is 0 Å². The molecule has 1 N–H and O–H groups in total. The average molecular weight is 356 g/mol. The first-order chi connectivity index (χ1) is 13.1. The minimum Gasteiger partial charge on any atom is -0.508 e. The third kappa shape index (κ3) is 2.36. The molecule has 3 heterocycles. The van der Waals surface area contributed by atoms with E-state index in [9.17, 15) is 5.11 Å². The van der Waals surface area contributed by atoms with Crippen LogP contribution in [0.15, 0.2) is 55.0 Å². The smallest absolute Gasteiger partial charge is 0.175 e. The molecule has 27 heavy (non-hydrogen) atoms. The quantitative estimate of drug-likeness (QED) is 0.524. The molecule has 3 aromatic heterocycles. The van der Waals surface area contributed by atoms with E-state index in [1.165, 1.54) is 11.1 Å². The van der Waals surface area contributed by atoms with E-state index in [-0.39, 0.29) is 5.75 Å². The predicted octanol–water partition coefficient (Wildman–Crippen LogP) is 3.45. The lowest BCUT2D eigenvalue weighted by atomic mass is 10.1. The summed E-state index contributed by atoms with van der Waals surface area (Å²) < 4.78 is 3.65. The number of hydrogen-bond donors (Lipinski definition) is 1. The van der Waals surface area contributed by atoms with Crippen LogP contribution < -0.4 is 0 Å². The minimum atomic E-state index is 0.211. The molecule has 0 saturated carbocycles. The molecule has 7 heteroatoms. The van der Waals surface area contributed by atoms with Crippen LogP contribution in [0.1, 0.15) is 11.1 Å². The molecule has 0 spiro atoms. The van der Waals surface area contributed by atoms with Gasteiger partial charge in [-0.1, -0.05) is 6.07 Å². The summed E-state index contributed by atoms with van der Waals surface area (Å²) >= 11 is 0. The standard InChI is InChI=1S/C20H16N6O/c1-12-3-6-15(9-13(12)2)26-19-17(10-22-26)20-24-23-18(25(20)11-21-19)14-4-7-16(27)8-5-14/h3-11,27H,1-2H3. The maximum Gasteiger partial charge on any atom is 0.175 e. The highest BCUT2D eigenvalue weighted by Gasteiger charge is 2.15. The van der Waals surface area contributed by atoms with E-state index in [4.69, 9.17) is 0 Å². The van der Waals surface area contributed by atoms with Crippen LogP contribution in [0.2, 0.25) is 0 Å². The summed E-state index contributed by atoms with van der Waals surface area (Å²) in [6.07, 6.45) is 3.47. The molecule has 2 aromatic carbocycles. The number of hydrogen-bond acceptors (Lipinski definition) is 5. The van der Waals surface area contributed by atoms with Crippen molar-refractivity contribution in [2.75, 3.05) is 0 Å². The van der Waals surface area contributed by atoms with Crippen molar-refractivity contribution in [2.45, 2.75) is 13.8 Å². The molecule has 7 nitrogen and oxygen atoms in total. The molecular formula is C20H16N6O. The van der Waals surface area contributed by atoms with Crippen LogP contribution in [0.25, 0.3) is 33.8 Å². The number of phenols is 1. The summed E-state index contributed by atoms with van der Waals surface area (Å²) in [4.78, 5) is 4.61. The maximum atomic E-state index is 9.49. The van der Waals surface area contributed by atoms with Gasteiger partial charge in [-0.2, -0.15) is 5.10 Å². The van der Waals surface area contributed by atoms with Crippen molar-refractivity contribution < 1.29 is 5.11 Å². The first-order valence-electron chi connectivity index (χ1n) is 8.56. The molecule has 0 radical (unpaired) electrons. The lowest BCUT2D eigenvalue weighted by Crippen LogP contribution is -2.00. The number of rotatable bonds is 2. The van der Waals surface area contributed by atoms with Gasteiger partial charge in [0.2, 0.25) is 0 Å². The van der Waals surface area contributed by atoms with E-state index >= 15 is 0 Å². The molecule has 0 unspecified atom stereocenters. The first-order valence-corrected chi connectivity index (χ1v) is 8.56. The fourth-order valence-electron chi connectivity index (χ4n) is 3.17. The van der Waals surface area contributed by atoms with E-state index in [1.54, 1.807) is 36.8 Å². The Morgan fingerprint density at radius 2 is 1.70 bits per heavy atom. The zero-order valence-corrected chi connectivity index (χ0v) is 14.8. The summed E-state index contributed by atoms with van der Waals surface area (Å²) in [6.45, 7) is 4.17. The predicted molar refractivity (Wildman–Crippen MR) is 102 cm³/mol. The largest absolute Gasteiger partial charge is 0.508 e. The number of phenolic OH excluding ortho intramolecular Hbond substituents is 1. The van der Waals surface area contributed by atoms with Crippen molar-refractivity contribution >= 4 is 16.7 Å². The first kappa shape index (κ1) is 15.5. The third-order valence-electron chi connectivity index (χ3n) is 4.84. The minimum absolute atomic E-state index is 0.211. The molecule has 0 amide bonds. The Bertz CT molecular complexity index is 1300. The zero-order valence-electron chi connectivity index (χ0n) is 14.8. The molecular weight excluding hydrogens is 340 g/mol. The molecule has 132 valence electrons. The monoisotopic (exact) mass is 356 g/mol. The Kier molecular flexibility index (Phi) is 3.24. The summed E-state index contributed by atoms with van der Waals surface area (Å²) in [5.74, 6) is 0.876. The number of fused-ring (bicyclic) bond motifs is 3. The molecule has 5 aromatic rings. The summed E-state index contributed by atoms with van der Waals surface area (Å²) in [7, 11) is 0. The topological polar surface area (TPSA) is 81.1 Å². The molecule has 0 aliphatic rings. The highest BCUT2D eigenvalue weighted by atomic mass is 16.3. The fraction of sp³-hybridized carbons (Fsp3) is 0.100. The SMILES string of the molecule is Cc1ccc(-n2ncc3c2ncn2c(-c4ccc(O)cc4)nnc32)cc1C. The van der Waals surface area contributed by atoms with Crippen molar-refractivity contribution in [3.63, 3.8) is 0 Å². The van der Waals surface area contributed by atoms with E-state index in [2.05, 4.69) is 46.3 Å². The number of benzene rings is 2. The second-order valence-corrected chi connectivity index (χ2v) is 6.57. The molecule has 0 aliphatic carbocycles. The van der Waals surface area contributed by atoms with Crippen LogP contribution in [0.3, 0.4) is 0 Å². The van der Waals surface area contributed by atoms with Gasteiger partial charge in [-0.3, -0.25) is 4.40 Å². The summed E-state index contributed by atoms with van der Waals surface area (Å²) in [5, 5.41) is 23.5. The number of aromatic nitrogens is 6. The van der Waals surface area contributed by atoms with Crippen LogP contribution in [-0.4, -0.2) is 34.5 Å². The van der Waals surface area contributed by atoms with Crippen LogP contribution >= 0.6 is 0 Å². The average Bonchev–Trinajstić information content (AvgIpc) is 3.28. The van der Waals surface area contributed by atoms with Crippen LogP contribution in [-0.2, 0) is 0 Å². The zero-order chi connectivity index (χ0) is 18.5. The van der Waals surface area contributed by atoms with Gasteiger partial charge in [-0.25, -0.2) is 9.67 Å². The molecule has 0 aliphatic heterocycles. The summed E-state index contributed by atoms with van der Waals surface area (Å²) in [5.41, 5.74) is 5.68. The second-order valence-electron chi connectivity index (χ2n) is 6.57. The number of aromatic hydroxyl groups is 1. The van der Waals surface area contributed by atoms with Gasteiger partial charge in [0.05, 0.1) is 17.3 Å². The van der Waals surface area contributed by atoms with E-state index < -0.39 is 0 Å². The fourth-order valence-corrected chi connectivity index (χ4v) is 3.17. The normalized spacial score (nSPS) is 11.5. The molecule has 5 rings (SSSR count). The highest BCUT2D eigenvalue weighted by Crippen LogP contribution is 2.25. The Balaban J connectivity index is 1.70. The van der Waals surface area contributed by atoms with Gasteiger partial charge in [-0.15, -0.1) is 10.2 Å². The van der Waals surface area contributed by atoms with Gasteiger partial charge in [0.15, 0.2) is 17.1 Å². The van der Waals surface area contributed by atoms with Crippen molar-refractivity contribution in [1.29, 1.82) is 0 Å². The molecule has 0 saturated heterocycles. The Labute approximate surface area is 154 Å². The molecule has 0 bridgehead atoms. The van der Waals surface area contributed by atoms with Gasteiger partial charge >= 0.3 is 0 Å². The van der Waals surface area contributed by atoms with Gasteiger partial charge < -0.3 is 5.11 Å². The van der Waals surface area contributed by atoms with Gasteiger partial charge in [-0.05, 0) is 61.4 Å². The molecule has 0 fully saturated rings. The second kappa shape index (κ2) is 5.63. The number of aryl methyl sites for hydroxylation is 2. The van der Waals surface area contributed by atoms with E-state index in [0.717, 1.165) is 22.3 Å². The van der Waals surface area contributed by atoms with Crippen LogP contribution in [0.5, 0.6) is 5.75 Å². The van der Waals surface area contributed by atoms with Crippen molar-refractivity contribution in [1.82, 2.24) is 29.4 Å². The Morgan fingerprint density at radius 1 is 0.889 bits per heavy atom. The highest BCUT2D eigenvalue weighted by molar-refractivity contribution is 5.90. The Hall–Kier alpha value is -3.74. The van der Waals surface area contributed by atoms with Crippen molar-refractivity contribution in [2.24, 2.45) is 0 Å². The lowest BCUT2D eigenvalue weighted by Gasteiger charge is -2.06. The van der Waals surface area contributed by atoms with Crippen LogP contribution in [0, 0.1) is 13.8 Å². The van der Waals surface area contributed by atoms with E-state index in [1.807, 2.05) is 15.1 Å². The third-order valence-corrected chi connectivity index (χ3v) is 4.84. The van der Waals surface area contributed by atoms with E-state index in [0.29, 0.717) is 11.5 Å². The summed E-state index contributed by atoms with van der Waals surface area (Å²) in [6, 6.07) is 13.1. The maximum absolute atomic E-state index is 9.49.